The Kier molecular flexibility index (Phi) is 11.3. The second-order valence-corrected chi connectivity index (χ2v) is 12.1. The number of benzene rings is 4. The Balaban J connectivity index is 1.57. The van der Waals surface area contributed by atoms with E-state index in [2.05, 4.69) is 31.3 Å². The highest BCUT2D eigenvalue weighted by atomic mass is 79.9. The van der Waals surface area contributed by atoms with Crippen molar-refractivity contribution >= 4 is 39.3 Å². The van der Waals surface area contributed by atoms with Crippen LogP contribution in [0.25, 0.3) is 10.4 Å². The Morgan fingerprint density at radius 2 is 1.76 bits per heavy atom. The van der Waals surface area contributed by atoms with Gasteiger partial charge in [0, 0.05) is 46.0 Å². The van der Waals surface area contributed by atoms with E-state index in [1.54, 1.807) is 0 Å². The van der Waals surface area contributed by atoms with Gasteiger partial charge < -0.3 is 19.9 Å². The number of hydrogen-bond acceptors (Lipinski definition) is 6. The number of amides is 1. The van der Waals surface area contributed by atoms with Gasteiger partial charge in [-0.25, -0.2) is 4.99 Å². The fourth-order valence-corrected chi connectivity index (χ4v) is 5.87. The van der Waals surface area contributed by atoms with Gasteiger partial charge in [-0.1, -0.05) is 87.2 Å². The van der Waals surface area contributed by atoms with Crippen molar-refractivity contribution in [1.82, 2.24) is 5.32 Å². The van der Waals surface area contributed by atoms with Crippen LogP contribution in [-0.4, -0.2) is 42.2 Å². The molecule has 11 heteroatoms. The van der Waals surface area contributed by atoms with Crippen molar-refractivity contribution in [3.63, 3.8) is 0 Å². The summed E-state index contributed by atoms with van der Waals surface area (Å²) in [5, 5.41) is 16.7. The van der Waals surface area contributed by atoms with E-state index in [1.165, 1.54) is 0 Å². The number of rotatable bonds is 14. The molecule has 4 aromatic carbocycles. The SMILES string of the molecule is [N-]=[N+]=NCc1ccccc1[C@H]1OC(c2ccc(OCCCO)cc2)=N[C@@]1(Cc1ccc(Br)cc1)C(=O)NCCc1ccccc1Cl. The summed E-state index contributed by atoms with van der Waals surface area (Å²) in [5.41, 5.74) is 11.6. The zero-order chi connectivity index (χ0) is 32.4. The van der Waals surface area contributed by atoms with Crippen molar-refractivity contribution in [2.75, 3.05) is 19.8 Å². The predicted octanol–water partition coefficient (Wildman–Crippen LogP) is 7.53. The number of aliphatic imine (C=N–C) groups is 1. The molecular weight excluding hydrogens is 670 g/mol. The Morgan fingerprint density at radius 3 is 2.48 bits per heavy atom. The Hall–Kier alpha value is -4.34. The first kappa shape index (κ1) is 33.0. The molecule has 0 fully saturated rings. The molecule has 0 unspecified atom stereocenters. The number of aliphatic hydroxyl groups is 1. The van der Waals surface area contributed by atoms with Crippen molar-refractivity contribution in [2.45, 2.75) is 37.5 Å². The van der Waals surface area contributed by atoms with Crippen LogP contribution >= 0.6 is 27.5 Å². The van der Waals surface area contributed by atoms with Crippen LogP contribution in [0.3, 0.4) is 0 Å². The fourth-order valence-electron chi connectivity index (χ4n) is 5.38. The normalized spacial score (nSPS) is 17.0. The van der Waals surface area contributed by atoms with Crippen LogP contribution in [0.15, 0.2) is 112 Å². The van der Waals surface area contributed by atoms with E-state index in [4.69, 9.17) is 36.7 Å². The molecule has 2 atom stereocenters. The van der Waals surface area contributed by atoms with E-state index in [1.807, 2.05) is 97.1 Å². The lowest BCUT2D eigenvalue weighted by atomic mass is 9.80. The molecule has 236 valence electrons. The highest BCUT2D eigenvalue weighted by molar-refractivity contribution is 9.10. The highest BCUT2D eigenvalue weighted by Gasteiger charge is 2.53. The first-order chi connectivity index (χ1) is 22.4. The van der Waals surface area contributed by atoms with Gasteiger partial charge in [-0.3, -0.25) is 4.79 Å². The number of nitrogens with zero attached hydrogens (tertiary/aromatic N) is 4. The smallest absolute Gasteiger partial charge is 0.252 e. The Morgan fingerprint density at radius 1 is 1.04 bits per heavy atom. The lowest BCUT2D eigenvalue weighted by molar-refractivity contribution is -0.128. The largest absolute Gasteiger partial charge is 0.494 e. The van der Waals surface area contributed by atoms with Crippen LogP contribution in [-0.2, 0) is 28.9 Å². The quantitative estimate of drug-likeness (QED) is 0.0609. The van der Waals surface area contributed by atoms with Crippen LogP contribution in [0.4, 0.5) is 0 Å². The summed E-state index contributed by atoms with van der Waals surface area (Å²) in [4.78, 5) is 22.6. The van der Waals surface area contributed by atoms with Crippen molar-refractivity contribution in [3.05, 3.63) is 145 Å². The molecule has 0 aromatic heterocycles. The van der Waals surface area contributed by atoms with Crippen LogP contribution < -0.4 is 10.1 Å². The molecule has 0 aliphatic carbocycles. The summed E-state index contributed by atoms with van der Waals surface area (Å²) in [6.07, 6.45) is 0.466. The van der Waals surface area contributed by atoms with E-state index < -0.39 is 11.6 Å². The Labute approximate surface area is 281 Å². The van der Waals surface area contributed by atoms with Crippen molar-refractivity contribution in [2.24, 2.45) is 10.1 Å². The van der Waals surface area contributed by atoms with Gasteiger partial charge in [0.05, 0.1) is 13.2 Å². The molecular formula is C35H33BrClN5O4. The van der Waals surface area contributed by atoms with Gasteiger partial charge in [0.15, 0.2) is 11.6 Å². The van der Waals surface area contributed by atoms with E-state index in [0.717, 1.165) is 21.2 Å². The van der Waals surface area contributed by atoms with Crippen molar-refractivity contribution in [1.29, 1.82) is 0 Å². The molecule has 1 aliphatic rings. The summed E-state index contributed by atoms with van der Waals surface area (Å²) in [6, 6.07) is 30.1. The molecule has 1 heterocycles. The van der Waals surface area contributed by atoms with Gasteiger partial charge in [-0.05, 0) is 76.7 Å². The van der Waals surface area contributed by atoms with Crippen molar-refractivity contribution in [3.8, 4) is 5.75 Å². The third kappa shape index (κ3) is 7.89. The molecule has 0 bridgehead atoms. The minimum absolute atomic E-state index is 0.0478. The summed E-state index contributed by atoms with van der Waals surface area (Å²) in [7, 11) is 0. The van der Waals surface area contributed by atoms with Crippen LogP contribution in [0, 0.1) is 0 Å². The Bertz CT molecular complexity index is 1730. The maximum absolute atomic E-state index is 14.5. The lowest BCUT2D eigenvalue weighted by Gasteiger charge is -2.32. The van der Waals surface area contributed by atoms with Gasteiger partial charge in [0.25, 0.3) is 5.91 Å². The molecule has 9 nitrogen and oxygen atoms in total. The number of azide groups is 1. The van der Waals surface area contributed by atoms with E-state index in [-0.39, 0.29) is 25.5 Å². The zero-order valence-electron chi connectivity index (χ0n) is 25.0. The van der Waals surface area contributed by atoms with Gasteiger partial charge in [0.2, 0.25) is 5.90 Å². The molecule has 1 amide bonds. The summed E-state index contributed by atoms with van der Waals surface area (Å²) < 4.78 is 13.3. The average molecular weight is 703 g/mol. The molecule has 5 rings (SSSR count). The molecule has 0 saturated carbocycles. The second-order valence-electron chi connectivity index (χ2n) is 10.8. The monoisotopic (exact) mass is 701 g/mol. The second kappa shape index (κ2) is 15.8. The third-order valence-electron chi connectivity index (χ3n) is 7.70. The molecule has 0 radical (unpaired) electrons. The number of aliphatic hydroxyl groups excluding tert-OH is 1. The maximum Gasteiger partial charge on any atom is 0.252 e. The van der Waals surface area contributed by atoms with Gasteiger partial charge in [-0.15, -0.1) is 0 Å². The van der Waals surface area contributed by atoms with E-state index >= 15 is 0 Å². The van der Waals surface area contributed by atoms with E-state index in [9.17, 15) is 4.79 Å². The number of halogens is 2. The maximum atomic E-state index is 14.5. The summed E-state index contributed by atoms with van der Waals surface area (Å²) >= 11 is 9.90. The zero-order valence-corrected chi connectivity index (χ0v) is 27.3. The number of nitrogens with one attached hydrogen (secondary N) is 1. The minimum atomic E-state index is -1.41. The third-order valence-corrected chi connectivity index (χ3v) is 8.59. The van der Waals surface area contributed by atoms with Crippen LogP contribution in [0.1, 0.15) is 40.3 Å². The molecule has 1 aliphatic heterocycles. The predicted molar refractivity (Wildman–Crippen MR) is 182 cm³/mol. The lowest BCUT2D eigenvalue weighted by Crippen LogP contribution is -2.50. The number of carbonyl (C=O) groups is 1. The van der Waals surface area contributed by atoms with Gasteiger partial charge in [0.1, 0.15) is 5.75 Å². The summed E-state index contributed by atoms with van der Waals surface area (Å²) in [5.74, 6) is 0.652. The number of carbonyl (C=O) groups excluding carboxylic acids is 1. The molecule has 4 aromatic rings. The highest BCUT2D eigenvalue weighted by Crippen LogP contribution is 2.44. The number of ether oxygens (including phenoxy) is 2. The van der Waals surface area contributed by atoms with Crippen LogP contribution in [0.5, 0.6) is 5.75 Å². The topological polar surface area (TPSA) is 129 Å². The fraction of sp³-hybridized carbons (Fsp3) is 0.257. The van der Waals surface area contributed by atoms with Gasteiger partial charge >= 0.3 is 0 Å². The number of hydrogen-bond donors (Lipinski definition) is 2. The van der Waals surface area contributed by atoms with Crippen molar-refractivity contribution < 1.29 is 19.4 Å². The standard InChI is InChI=1S/C35H33BrClN5O4/c36-28-14-10-24(11-15-28)22-35(34(44)39-19-18-25-6-2-4-9-31(25)37)32(30-8-3-1-7-27(30)23-40-42-38)46-33(41-35)26-12-16-29(17-13-26)45-21-5-20-43/h1-4,6-17,32,43H,5,18-23H2,(H,39,44)/t32-,35-/m1/s1. The molecule has 0 saturated heterocycles. The molecule has 0 spiro atoms. The first-order valence-corrected chi connectivity index (χ1v) is 16.1. The molecule has 2 N–H and O–H groups in total. The van der Waals surface area contributed by atoms with E-state index in [0.29, 0.717) is 53.8 Å². The van der Waals surface area contributed by atoms with Crippen LogP contribution in [0.2, 0.25) is 5.02 Å². The van der Waals surface area contributed by atoms with Gasteiger partial charge in [-0.2, -0.15) is 0 Å². The molecule has 46 heavy (non-hydrogen) atoms. The minimum Gasteiger partial charge on any atom is -0.494 e. The summed E-state index contributed by atoms with van der Waals surface area (Å²) in [6.45, 7) is 0.862. The average Bonchev–Trinajstić information content (AvgIpc) is 3.46. The first-order valence-electron chi connectivity index (χ1n) is 14.9.